The molecule has 2 N–H and O–H groups in total. The normalized spacial score (nSPS) is 11.8. The average Bonchev–Trinajstić information content (AvgIpc) is 2.99. The quantitative estimate of drug-likeness (QED) is 0.244. The minimum absolute atomic E-state index is 0.0219. The van der Waals surface area contributed by atoms with E-state index in [1.54, 1.807) is 36.4 Å². The summed E-state index contributed by atoms with van der Waals surface area (Å²) in [6.45, 7) is 7.15. The Kier molecular flexibility index (Phi) is 12.0. The van der Waals surface area contributed by atoms with Crippen LogP contribution in [0.3, 0.4) is 0 Å². The van der Waals surface area contributed by atoms with Crippen LogP contribution >= 0.6 is 0 Å². The number of pyridine rings is 1. The van der Waals surface area contributed by atoms with E-state index in [2.05, 4.69) is 17.2 Å². The summed E-state index contributed by atoms with van der Waals surface area (Å²) in [6.07, 6.45) is 4.69. The standard InChI is InChI=1S/C31H37N3O7S/c1-4-6-7-22(3)21-41-31(37)28-17-12-25(20-33-28)30(36)34-42(38,39)27-15-8-23(9-16-27)18-19-32-29(35)24-10-13-26(14-11-24)40-5-2/h8-17,20,22H,4-7,18-19,21H2,1-3H3,(H,32,35)(H,34,36). The fraction of sp³-hybridized carbons (Fsp3) is 0.355. The molecule has 0 saturated carbocycles. The summed E-state index contributed by atoms with van der Waals surface area (Å²) in [5.74, 6) is -0.786. The number of nitrogens with one attached hydrogen (secondary N) is 2. The molecule has 0 bridgehead atoms. The highest BCUT2D eigenvalue weighted by atomic mass is 32.2. The van der Waals surface area contributed by atoms with E-state index in [0.717, 1.165) is 31.0 Å². The molecule has 1 heterocycles. The van der Waals surface area contributed by atoms with Gasteiger partial charge < -0.3 is 14.8 Å². The van der Waals surface area contributed by atoms with Crippen molar-refractivity contribution in [2.45, 2.75) is 51.3 Å². The highest BCUT2D eigenvalue weighted by Crippen LogP contribution is 2.14. The van der Waals surface area contributed by atoms with Gasteiger partial charge in [0.1, 0.15) is 11.4 Å². The van der Waals surface area contributed by atoms with Crippen LogP contribution in [0.2, 0.25) is 0 Å². The lowest BCUT2D eigenvalue weighted by Crippen LogP contribution is -2.30. The zero-order chi connectivity index (χ0) is 30.5. The molecule has 1 unspecified atom stereocenters. The summed E-state index contributed by atoms with van der Waals surface area (Å²) in [7, 11) is -4.15. The number of esters is 1. The molecule has 42 heavy (non-hydrogen) atoms. The van der Waals surface area contributed by atoms with Gasteiger partial charge in [-0.1, -0.05) is 38.8 Å². The molecule has 0 radical (unpaired) electrons. The molecule has 10 nitrogen and oxygen atoms in total. The number of aromatic nitrogens is 1. The summed E-state index contributed by atoms with van der Waals surface area (Å²) in [5.41, 5.74) is 1.32. The van der Waals surface area contributed by atoms with Crippen LogP contribution in [-0.2, 0) is 21.2 Å². The minimum Gasteiger partial charge on any atom is -0.494 e. The zero-order valence-electron chi connectivity index (χ0n) is 24.1. The second-order valence-electron chi connectivity index (χ2n) is 9.82. The molecule has 224 valence electrons. The monoisotopic (exact) mass is 595 g/mol. The maximum atomic E-state index is 12.8. The number of sulfonamides is 1. The predicted molar refractivity (Wildman–Crippen MR) is 158 cm³/mol. The van der Waals surface area contributed by atoms with E-state index in [1.807, 2.05) is 18.6 Å². The Morgan fingerprint density at radius 1 is 0.905 bits per heavy atom. The van der Waals surface area contributed by atoms with Crippen LogP contribution in [0.4, 0.5) is 0 Å². The molecular formula is C31H37N3O7S. The van der Waals surface area contributed by atoms with Crippen molar-refractivity contribution < 1.29 is 32.3 Å². The van der Waals surface area contributed by atoms with Crippen LogP contribution in [0.1, 0.15) is 76.8 Å². The Hall–Kier alpha value is -4.25. The lowest BCUT2D eigenvalue weighted by Gasteiger charge is -2.11. The molecular weight excluding hydrogens is 558 g/mol. The van der Waals surface area contributed by atoms with Gasteiger partial charge in [-0.15, -0.1) is 0 Å². The van der Waals surface area contributed by atoms with E-state index in [9.17, 15) is 22.8 Å². The second-order valence-corrected chi connectivity index (χ2v) is 11.5. The van der Waals surface area contributed by atoms with Gasteiger partial charge in [0.15, 0.2) is 0 Å². The Bertz CT molecular complexity index is 1440. The maximum Gasteiger partial charge on any atom is 0.356 e. The summed E-state index contributed by atoms with van der Waals surface area (Å²) < 4.78 is 38.2. The van der Waals surface area contributed by atoms with Crippen molar-refractivity contribution in [3.63, 3.8) is 0 Å². The smallest absolute Gasteiger partial charge is 0.356 e. The number of nitrogens with zero attached hydrogens (tertiary/aromatic N) is 1. The van der Waals surface area contributed by atoms with E-state index in [0.29, 0.717) is 30.9 Å². The Balaban J connectivity index is 1.49. The fourth-order valence-corrected chi connectivity index (χ4v) is 4.92. The first kappa shape index (κ1) is 32.3. The van der Waals surface area contributed by atoms with Crippen LogP contribution in [0, 0.1) is 5.92 Å². The van der Waals surface area contributed by atoms with Gasteiger partial charge in [0.05, 0.1) is 23.7 Å². The molecule has 3 aromatic rings. The highest BCUT2D eigenvalue weighted by molar-refractivity contribution is 7.90. The number of hydrogen-bond donors (Lipinski definition) is 2. The largest absolute Gasteiger partial charge is 0.494 e. The van der Waals surface area contributed by atoms with Gasteiger partial charge in [0.25, 0.3) is 21.8 Å². The third-order valence-corrected chi connectivity index (χ3v) is 7.72. The van der Waals surface area contributed by atoms with Crippen molar-refractivity contribution in [2.24, 2.45) is 5.92 Å². The molecule has 0 saturated heterocycles. The fourth-order valence-electron chi connectivity index (χ4n) is 3.94. The molecule has 0 spiro atoms. The lowest BCUT2D eigenvalue weighted by molar-refractivity contribution is 0.0435. The van der Waals surface area contributed by atoms with Crippen molar-refractivity contribution in [2.75, 3.05) is 19.8 Å². The van der Waals surface area contributed by atoms with Crippen molar-refractivity contribution in [1.29, 1.82) is 0 Å². The number of carbonyl (C=O) groups is 3. The molecule has 11 heteroatoms. The number of unbranched alkanes of at least 4 members (excludes halogenated alkanes) is 1. The van der Waals surface area contributed by atoms with Gasteiger partial charge in [-0.05, 0) is 79.8 Å². The first-order chi connectivity index (χ1) is 20.1. The second kappa shape index (κ2) is 15.7. The van der Waals surface area contributed by atoms with Crippen LogP contribution in [0.15, 0.2) is 71.8 Å². The van der Waals surface area contributed by atoms with Gasteiger partial charge in [-0.3, -0.25) is 9.59 Å². The van der Waals surface area contributed by atoms with Gasteiger partial charge in [-0.2, -0.15) is 0 Å². The first-order valence-corrected chi connectivity index (χ1v) is 15.4. The Labute approximate surface area is 246 Å². The van der Waals surface area contributed by atoms with E-state index in [1.165, 1.54) is 24.3 Å². The van der Waals surface area contributed by atoms with E-state index < -0.39 is 21.9 Å². The summed E-state index contributed by atoms with van der Waals surface area (Å²) >= 11 is 0. The summed E-state index contributed by atoms with van der Waals surface area (Å²) in [4.78, 5) is 41.0. The molecule has 1 aromatic heterocycles. The predicted octanol–water partition coefficient (Wildman–Crippen LogP) is 4.55. The summed E-state index contributed by atoms with van der Waals surface area (Å²) in [5, 5.41) is 2.83. The first-order valence-electron chi connectivity index (χ1n) is 13.9. The maximum absolute atomic E-state index is 12.8. The van der Waals surface area contributed by atoms with Gasteiger partial charge >= 0.3 is 5.97 Å². The number of hydrogen-bond acceptors (Lipinski definition) is 8. The molecule has 1 atom stereocenters. The topological polar surface area (TPSA) is 141 Å². The molecule has 2 amide bonds. The third-order valence-electron chi connectivity index (χ3n) is 6.37. The minimum atomic E-state index is -4.15. The van der Waals surface area contributed by atoms with E-state index in [-0.39, 0.29) is 34.6 Å². The molecule has 0 aliphatic rings. The third kappa shape index (κ3) is 9.69. The highest BCUT2D eigenvalue weighted by Gasteiger charge is 2.20. The van der Waals surface area contributed by atoms with Crippen molar-refractivity contribution >= 4 is 27.8 Å². The summed E-state index contributed by atoms with van der Waals surface area (Å²) in [6, 6.07) is 15.5. The lowest BCUT2D eigenvalue weighted by atomic mass is 10.1. The van der Waals surface area contributed by atoms with Gasteiger partial charge in [0.2, 0.25) is 0 Å². The molecule has 3 rings (SSSR count). The number of rotatable bonds is 15. The number of carbonyl (C=O) groups excluding carboxylic acids is 3. The van der Waals surface area contributed by atoms with Crippen LogP contribution < -0.4 is 14.8 Å². The van der Waals surface area contributed by atoms with Gasteiger partial charge in [-0.25, -0.2) is 22.9 Å². The van der Waals surface area contributed by atoms with Crippen molar-refractivity contribution in [3.05, 3.63) is 89.2 Å². The van der Waals surface area contributed by atoms with Crippen LogP contribution in [-0.4, -0.2) is 50.9 Å². The van der Waals surface area contributed by atoms with E-state index >= 15 is 0 Å². The van der Waals surface area contributed by atoms with E-state index in [4.69, 9.17) is 9.47 Å². The Morgan fingerprint density at radius 2 is 1.60 bits per heavy atom. The molecule has 2 aromatic carbocycles. The SMILES string of the molecule is CCCCC(C)COC(=O)c1ccc(C(=O)NS(=O)(=O)c2ccc(CCNC(=O)c3ccc(OCC)cc3)cc2)cn1. The molecule has 0 aliphatic heterocycles. The average molecular weight is 596 g/mol. The van der Waals surface area contributed by atoms with Crippen LogP contribution in [0.5, 0.6) is 5.75 Å². The molecule has 0 aliphatic carbocycles. The number of ether oxygens (including phenoxy) is 2. The van der Waals surface area contributed by atoms with Crippen LogP contribution in [0.25, 0.3) is 0 Å². The van der Waals surface area contributed by atoms with Crippen molar-refractivity contribution in [3.8, 4) is 5.75 Å². The van der Waals surface area contributed by atoms with Gasteiger partial charge in [0, 0.05) is 18.3 Å². The van der Waals surface area contributed by atoms with Crippen molar-refractivity contribution in [1.82, 2.24) is 15.0 Å². The number of benzene rings is 2. The number of amides is 2. The molecule has 0 fully saturated rings. The Morgan fingerprint density at radius 3 is 2.21 bits per heavy atom. The zero-order valence-corrected chi connectivity index (χ0v) is 24.9.